The minimum absolute atomic E-state index is 0.418. The van der Waals surface area contributed by atoms with Gasteiger partial charge in [-0.2, -0.15) is 5.26 Å². The molecule has 0 spiro atoms. The lowest BCUT2D eigenvalue weighted by Gasteiger charge is -2.02. The fraction of sp³-hybridized carbons (Fsp3) is 0.125. The molecule has 0 aromatic heterocycles. The predicted molar refractivity (Wildman–Crippen MR) is 42.0 cm³/mol. The number of nitrogens with zero attached hydrogens (tertiary/aromatic N) is 1. The summed E-state index contributed by atoms with van der Waals surface area (Å²) in [4.78, 5) is 0. The van der Waals surface area contributed by atoms with Gasteiger partial charge in [0.1, 0.15) is 0 Å². The molecule has 0 heterocycles. The van der Waals surface area contributed by atoms with Crippen LogP contribution in [0.2, 0.25) is 5.02 Å². The van der Waals surface area contributed by atoms with E-state index < -0.39 is 6.10 Å². The van der Waals surface area contributed by atoms with Crippen molar-refractivity contribution in [2.75, 3.05) is 0 Å². The first kappa shape index (κ1) is 8.06. The fourth-order valence-corrected chi connectivity index (χ4v) is 1.01. The molecule has 1 aromatic carbocycles. The molecule has 3 heteroatoms. The van der Waals surface area contributed by atoms with E-state index in [0.717, 1.165) is 0 Å². The van der Waals surface area contributed by atoms with Gasteiger partial charge in [0.2, 0.25) is 0 Å². The largest absolute Gasteiger partial charge is 0.374 e. The molecular weight excluding hydrogens is 162 g/mol. The molecule has 2 nitrogen and oxygen atoms in total. The molecular formula is C8H6ClNO. The van der Waals surface area contributed by atoms with Crippen LogP contribution in [0.5, 0.6) is 0 Å². The van der Waals surface area contributed by atoms with Crippen molar-refractivity contribution < 1.29 is 5.11 Å². The van der Waals surface area contributed by atoms with Crippen LogP contribution in [0, 0.1) is 11.3 Å². The van der Waals surface area contributed by atoms with E-state index in [1.54, 1.807) is 30.3 Å². The number of nitriles is 1. The Balaban J connectivity index is 3.05. The molecule has 0 aliphatic heterocycles. The summed E-state index contributed by atoms with van der Waals surface area (Å²) in [6, 6.07) is 8.42. The number of hydrogen-bond donors (Lipinski definition) is 1. The number of hydrogen-bond acceptors (Lipinski definition) is 2. The van der Waals surface area contributed by atoms with Gasteiger partial charge < -0.3 is 5.11 Å². The second-order valence-corrected chi connectivity index (χ2v) is 2.46. The SMILES string of the molecule is N#C[C@H](O)c1ccccc1Cl. The molecule has 0 saturated heterocycles. The topological polar surface area (TPSA) is 44.0 Å². The summed E-state index contributed by atoms with van der Waals surface area (Å²) in [6.45, 7) is 0. The molecule has 56 valence electrons. The Hall–Kier alpha value is -1.04. The van der Waals surface area contributed by atoms with E-state index in [-0.39, 0.29) is 0 Å². The smallest absolute Gasteiger partial charge is 0.167 e. The minimum Gasteiger partial charge on any atom is -0.374 e. The molecule has 0 saturated carbocycles. The molecule has 1 N–H and O–H groups in total. The number of aliphatic hydroxyl groups is 1. The van der Waals surface area contributed by atoms with E-state index in [0.29, 0.717) is 10.6 Å². The van der Waals surface area contributed by atoms with Gasteiger partial charge in [-0.3, -0.25) is 0 Å². The van der Waals surface area contributed by atoms with Crippen LogP contribution in [0.25, 0.3) is 0 Å². The zero-order valence-corrected chi connectivity index (χ0v) is 6.42. The van der Waals surface area contributed by atoms with Crippen molar-refractivity contribution in [2.24, 2.45) is 0 Å². The fourth-order valence-electron chi connectivity index (χ4n) is 0.766. The molecule has 0 aliphatic rings. The summed E-state index contributed by atoms with van der Waals surface area (Å²) in [5.74, 6) is 0. The maximum atomic E-state index is 9.06. The van der Waals surface area contributed by atoms with E-state index in [4.69, 9.17) is 22.0 Å². The van der Waals surface area contributed by atoms with Crippen LogP contribution in [-0.4, -0.2) is 5.11 Å². The predicted octanol–water partition coefficient (Wildman–Crippen LogP) is 1.90. The van der Waals surface area contributed by atoms with Gasteiger partial charge in [0.25, 0.3) is 0 Å². The number of halogens is 1. The average Bonchev–Trinajstić information content (AvgIpc) is 2.04. The van der Waals surface area contributed by atoms with Gasteiger partial charge in [-0.25, -0.2) is 0 Å². The van der Waals surface area contributed by atoms with E-state index >= 15 is 0 Å². The molecule has 0 fully saturated rings. The Bertz CT molecular complexity index is 292. The molecule has 1 aromatic rings. The van der Waals surface area contributed by atoms with E-state index in [9.17, 15) is 0 Å². The van der Waals surface area contributed by atoms with Gasteiger partial charge in [0.05, 0.1) is 6.07 Å². The van der Waals surface area contributed by atoms with Crippen LogP contribution < -0.4 is 0 Å². The van der Waals surface area contributed by atoms with Crippen LogP contribution in [-0.2, 0) is 0 Å². The minimum atomic E-state index is -1.12. The molecule has 0 amide bonds. The van der Waals surface area contributed by atoms with Crippen molar-refractivity contribution in [1.82, 2.24) is 0 Å². The van der Waals surface area contributed by atoms with E-state index in [2.05, 4.69) is 0 Å². The van der Waals surface area contributed by atoms with Crippen LogP contribution in [0.1, 0.15) is 11.7 Å². The van der Waals surface area contributed by atoms with Crippen molar-refractivity contribution in [3.8, 4) is 6.07 Å². The second kappa shape index (κ2) is 3.38. The van der Waals surface area contributed by atoms with Gasteiger partial charge in [0.15, 0.2) is 6.10 Å². The van der Waals surface area contributed by atoms with Gasteiger partial charge in [-0.15, -0.1) is 0 Å². The third-order valence-corrected chi connectivity index (χ3v) is 1.67. The summed E-state index contributed by atoms with van der Waals surface area (Å²) >= 11 is 5.69. The average molecular weight is 168 g/mol. The molecule has 11 heavy (non-hydrogen) atoms. The highest BCUT2D eigenvalue weighted by molar-refractivity contribution is 6.31. The Morgan fingerprint density at radius 3 is 2.64 bits per heavy atom. The normalized spacial score (nSPS) is 12.1. The summed E-state index contributed by atoms with van der Waals surface area (Å²) in [5.41, 5.74) is 0.455. The Labute approximate surface area is 69.7 Å². The summed E-state index contributed by atoms with van der Waals surface area (Å²) in [7, 11) is 0. The van der Waals surface area contributed by atoms with Crippen LogP contribution in [0.15, 0.2) is 24.3 Å². The molecule has 0 bridgehead atoms. The third-order valence-electron chi connectivity index (χ3n) is 1.32. The first-order valence-electron chi connectivity index (χ1n) is 3.08. The zero-order valence-electron chi connectivity index (χ0n) is 5.66. The Morgan fingerprint density at radius 1 is 1.45 bits per heavy atom. The van der Waals surface area contributed by atoms with E-state index in [1.807, 2.05) is 0 Å². The Kier molecular flexibility index (Phi) is 2.48. The molecule has 0 aliphatic carbocycles. The lowest BCUT2D eigenvalue weighted by molar-refractivity contribution is 0.236. The Morgan fingerprint density at radius 2 is 2.09 bits per heavy atom. The monoisotopic (exact) mass is 167 g/mol. The first-order valence-corrected chi connectivity index (χ1v) is 3.45. The summed E-state index contributed by atoms with van der Waals surface area (Å²) < 4.78 is 0. The van der Waals surface area contributed by atoms with Gasteiger partial charge in [-0.1, -0.05) is 29.8 Å². The standard InChI is InChI=1S/C8H6ClNO/c9-7-4-2-1-3-6(7)8(11)5-10/h1-4,8,11H/t8-/m0/s1. The molecule has 1 rings (SSSR count). The van der Waals surface area contributed by atoms with Crippen molar-refractivity contribution in [3.05, 3.63) is 34.9 Å². The lowest BCUT2D eigenvalue weighted by Crippen LogP contribution is -1.93. The number of rotatable bonds is 1. The van der Waals surface area contributed by atoms with Crippen LogP contribution in [0.3, 0.4) is 0 Å². The summed E-state index contributed by atoms with van der Waals surface area (Å²) in [5, 5.41) is 17.8. The van der Waals surface area contributed by atoms with Gasteiger partial charge in [0, 0.05) is 10.6 Å². The van der Waals surface area contributed by atoms with E-state index in [1.165, 1.54) is 0 Å². The third kappa shape index (κ3) is 1.70. The second-order valence-electron chi connectivity index (χ2n) is 2.05. The zero-order chi connectivity index (χ0) is 8.27. The molecule has 0 unspecified atom stereocenters. The van der Waals surface area contributed by atoms with Crippen molar-refractivity contribution in [3.63, 3.8) is 0 Å². The quantitative estimate of drug-likeness (QED) is 0.650. The maximum absolute atomic E-state index is 9.06. The van der Waals surface area contributed by atoms with Crippen molar-refractivity contribution in [1.29, 1.82) is 5.26 Å². The van der Waals surface area contributed by atoms with Crippen molar-refractivity contribution in [2.45, 2.75) is 6.10 Å². The highest BCUT2D eigenvalue weighted by Crippen LogP contribution is 2.21. The molecule has 1 atom stereocenters. The highest BCUT2D eigenvalue weighted by atomic mass is 35.5. The highest BCUT2D eigenvalue weighted by Gasteiger charge is 2.07. The first-order chi connectivity index (χ1) is 5.25. The van der Waals surface area contributed by atoms with Crippen LogP contribution >= 0.6 is 11.6 Å². The van der Waals surface area contributed by atoms with Gasteiger partial charge in [-0.05, 0) is 6.07 Å². The maximum Gasteiger partial charge on any atom is 0.167 e. The van der Waals surface area contributed by atoms with Gasteiger partial charge >= 0.3 is 0 Å². The lowest BCUT2D eigenvalue weighted by atomic mass is 10.1. The summed E-state index contributed by atoms with van der Waals surface area (Å²) in [6.07, 6.45) is -1.12. The van der Waals surface area contributed by atoms with Crippen molar-refractivity contribution >= 4 is 11.6 Å². The number of aliphatic hydroxyl groups excluding tert-OH is 1. The molecule has 0 radical (unpaired) electrons. The number of benzene rings is 1. The van der Waals surface area contributed by atoms with Crippen LogP contribution in [0.4, 0.5) is 0 Å².